The number of primary amides is 1. The first-order chi connectivity index (χ1) is 8.88. The van der Waals surface area contributed by atoms with E-state index >= 15 is 0 Å². The number of rotatable bonds is 5. The molecule has 0 saturated carbocycles. The van der Waals surface area contributed by atoms with Crippen molar-refractivity contribution in [2.45, 2.75) is 31.3 Å². The molecule has 108 valence electrons. The fraction of sp³-hybridized carbons (Fsp3) is 0.727. The third-order valence-electron chi connectivity index (χ3n) is 3.06. The normalized spacial score (nSPS) is 18.6. The Morgan fingerprint density at radius 3 is 2.42 bits per heavy atom. The number of amides is 3. The lowest BCUT2D eigenvalue weighted by atomic mass is 10.1. The third kappa shape index (κ3) is 5.56. The maximum atomic E-state index is 11.6. The number of likely N-dealkylation sites (tertiary alicyclic amines) is 1. The van der Waals surface area contributed by atoms with E-state index in [-0.39, 0.29) is 6.04 Å². The highest BCUT2D eigenvalue weighted by Crippen LogP contribution is 2.07. The van der Waals surface area contributed by atoms with Crippen LogP contribution in [-0.2, 0) is 9.59 Å². The van der Waals surface area contributed by atoms with Crippen molar-refractivity contribution in [3.05, 3.63) is 0 Å². The summed E-state index contributed by atoms with van der Waals surface area (Å²) >= 11 is 0. The van der Waals surface area contributed by atoms with Crippen molar-refractivity contribution in [3.8, 4) is 0 Å². The van der Waals surface area contributed by atoms with E-state index in [2.05, 4.69) is 15.5 Å². The first-order valence-corrected chi connectivity index (χ1v) is 6.15. The van der Waals surface area contributed by atoms with Gasteiger partial charge in [-0.2, -0.15) is 0 Å². The van der Waals surface area contributed by atoms with Crippen LogP contribution in [0.5, 0.6) is 0 Å². The molecule has 8 nitrogen and oxygen atoms in total. The number of nitrogens with zero attached hydrogens (tertiary/aromatic N) is 1. The van der Waals surface area contributed by atoms with Gasteiger partial charge in [0.25, 0.3) is 0 Å². The number of carbonyl (C=O) groups is 3. The number of carbonyl (C=O) groups excluding carboxylic acids is 2. The second kappa shape index (κ2) is 6.93. The first-order valence-electron chi connectivity index (χ1n) is 6.15. The molecular formula is C11H20N4O4. The monoisotopic (exact) mass is 272 g/mol. The predicted octanol–water partition coefficient (Wildman–Crippen LogP) is -1.29. The van der Waals surface area contributed by atoms with Gasteiger partial charge in [0.05, 0.1) is 6.42 Å². The molecule has 1 saturated heterocycles. The Labute approximate surface area is 111 Å². The Balaban J connectivity index is 2.40. The van der Waals surface area contributed by atoms with Gasteiger partial charge in [-0.15, -0.1) is 0 Å². The molecule has 1 heterocycles. The number of carboxylic acids is 1. The van der Waals surface area contributed by atoms with Gasteiger partial charge in [0.15, 0.2) is 0 Å². The van der Waals surface area contributed by atoms with Crippen LogP contribution < -0.4 is 16.4 Å². The molecule has 1 fully saturated rings. The number of carboxylic acid groups (broad SMARTS) is 1. The Bertz CT molecular complexity index is 353. The minimum Gasteiger partial charge on any atom is -0.480 e. The SMILES string of the molecule is CN1CCC(NC(=O)NC(CC(N)=O)C(=O)O)CC1. The summed E-state index contributed by atoms with van der Waals surface area (Å²) in [5, 5.41) is 13.8. The van der Waals surface area contributed by atoms with Gasteiger partial charge in [-0.05, 0) is 33.0 Å². The van der Waals surface area contributed by atoms with E-state index in [9.17, 15) is 14.4 Å². The Hall–Kier alpha value is -1.83. The highest BCUT2D eigenvalue weighted by Gasteiger charge is 2.24. The molecule has 1 aliphatic rings. The molecule has 19 heavy (non-hydrogen) atoms. The van der Waals surface area contributed by atoms with E-state index in [1.54, 1.807) is 0 Å². The van der Waals surface area contributed by atoms with E-state index in [0.29, 0.717) is 0 Å². The van der Waals surface area contributed by atoms with Gasteiger partial charge in [0.2, 0.25) is 5.91 Å². The minimum atomic E-state index is -1.29. The molecule has 0 spiro atoms. The van der Waals surface area contributed by atoms with Gasteiger partial charge in [0.1, 0.15) is 6.04 Å². The second-order valence-corrected chi connectivity index (χ2v) is 4.76. The Morgan fingerprint density at radius 1 is 1.37 bits per heavy atom. The molecule has 0 aliphatic carbocycles. The van der Waals surface area contributed by atoms with Gasteiger partial charge in [-0.25, -0.2) is 9.59 Å². The minimum absolute atomic E-state index is 0.0271. The maximum absolute atomic E-state index is 11.6. The van der Waals surface area contributed by atoms with Crippen molar-refractivity contribution in [3.63, 3.8) is 0 Å². The van der Waals surface area contributed by atoms with Crippen LogP contribution in [0.2, 0.25) is 0 Å². The molecule has 0 radical (unpaired) electrons. The fourth-order valence-electron chi connectivity index (χ4n) is 1.94. The topological polar surface area (TPSA) is 125 Å². The van der Waals surface area contributed by atoms with Crippen molar-refractivity contribution in [2.75, 3.05) is 20.1 Å². The van der Waals surface area contributed by atoms with Gasteiger partial charge in [0, 0.05) is 6.04 Å². The average molecular weight is 272 g/mol. The quantitative estimate of drug-likeness (QED) is 0.495. The largest absolute Gasteiger partial charge is 0.480 e. The van der Waals surface area contributed by atoms with Gasteiger partial charge >= 0.3 is 12.0 Å². The number of urea groups is 1. The molecule has 0 aromatic heterocycles. The average Bonchev–Trinajstić information content (AvgIpc) is 2.30. The first kappa shape index (κ1) is 15.2. The van der Waals surface area contributed by atoms with Crippen LogP contribution >= 0.6 is 0 Å². The fourth-order valence-corrected chi connectivity index (χ4v) is 1.94. The van der Waals surface area contributed by atoms with E-state index in [4.69, 9.17) is 10.8 Å². The molecule has 1 unspecified atom stereocenters. The van der Waals surface area contributed by atoms with E-state index in [1.165, 1.54) is 0 Å². The van der Waals surface area contributed by atoms with Crippen molar-refractivity contribution in [1.29, 1.82) is 0 Å². The van der Waals surface area contributed by atoms with Gasteiger partial charge in [-0.1, -0.05) is 0 Å². The molecule has 1 aliphatic heterocycles. The lowest BCUT2D eigenvalue weighted by Crippen LogP contribution is -2.52. The van der Waals surface area contributed by atoms with Crippen LogP contribution in [0.25, 0.3) is 0 Å². The smallest absolute Gasteiger partial charge is 0.326 e. The van der Waals surface area contributed by atoms with Crippen LogP contribution in [0.1, 0.15) is 19.3 Å². The lowest BCUT2D eigenvalue weighted by Gasteiger charge is -2.29. The summed E-state index contributed by atoms with van der Waals surface area (Å²) in [6.45, 7) is 1.77. The Morgan fingerprint density at radius 2 is 1.95 bits per heavy atom. The molecule has 3 amide bonds. The molecule has 8 heteroatoms. The Kier molecular flexibility index (Phi) is 5.56. The molecule has 5 N–H and O–H groups in total. The summed E-state index contributed by atoms with van der Waals surface area (Å²) < 4.78 is 0. The second-order valence-electron chi connectivity index (χ2n) is 4.76. The highest BCUT2D eigenvalue weighted by molar-refractivity contribution is 5.87. The zero-order valence-corrected chi connectivity index (χ0v) is 10.9. The highest BCUT2D eigenvalue weighted by atomic mass is 16.4. The number of nitrogens with two attached hydrogens (primary N) is 1. The van der Waals surface area contributed by atoms with Crippen LogP contribution in [0, 0.1) is 0 Å². The maximum Gasteiger partial charge on any atom is 0.326 e. The van der Waals surface area contributed by atoms with Crippen LogP contribution in [0.4, 0.5) is 4.79 Å². The summed E-state index contributed by atoms with van der Waals surface area (Å²) in [6, 6.07) is -1.84. The van der Waals surface area contributed by atoms with E-state index in [0.717, 1.165) is 25.9 Å². The van der Waals surface area contributed by atoms with E-state index < -0.39 is 30.4 Å². The van der Waals surface area contributed by atoms with Crippen LogP contribution in [-0.4, -0.2) is 60.1 Å². The molecule has 0 aromatic carbocycles. The molecule has 0 aromatic rings. The summed E-state index contributed by atoms with van der Waals surface area (Å²) in [7, 11) is 2.00. The number of piperidine rings is 1. The van der Waals surface area contributed by atoms with Gasteiger partial charge in [-0.3, -0.25) is 4.79 Å². The standard InChI is InChI=1S/C11H20N4O4/c1-15-4-2-7(3-5-15)13-11(19)14-8(10(17)18)6-9(12)16/h7-8H,2-6H2,1H3,(H2,12,16)(H,17,18)(H2,13,14,19). The molecule has 0 bridgehead atoms. The summed E-state index contributed by atoms with van der Waals surface area (Å²) in [6.07, 6.45) is 1.21. The van der Waals surface area contributed by atoms with E-state index in [1.807, 2.05) is 7.05 Å². The van der Waals surface area contributed by atoms with Gasteiger partial charge < -0.3 is 26.4 Å². The molecule has 1 rings (SSSR count). The zero-order chi connectivity index (χ0) is 14.4. The predicted molar refractivity (Wildman–Crippen MR) is 67.4 cm³/mol. The van der Waals surface area contributed by atoms with Crippen LogP contribution in [0.3, 0.4) is 0 Å². The zero-order valence-electron chi connectivity index (χ0n) is 10.9. The van der Waals surface area contributed by atoms with Crippen molar-refractivity contribution in [2.24, 2.45) is 5.73 Å². The van der Waals surface area contributed by atoms with Crippen molar-refractivity contribution in [1.82, 2.24) is 15.5 Å². The molecular weight excluding hydrogens is 252 g/mol. The van der Waals surface area contributed by atoms with Crippen molar-refractivity contribution >= 4 is 17.9 Å². The summed E-state index contributed by atoms with van der Waals surface area (Å²) in [4.78, 5) is 35.3. The summed E-state index contributed by atoms with van der Waals surface area (Å²) in [5.74, 6) is -2.05. The summed E-state index contributed by atoms with van der Waals surface area (Å²) in [5.41, 5.74) is 4.93. The van der Waals surface area contributed by atoms with Crippen LogP contribution in [0.15, 0.2) is 0 Å². The number of nitrogens with one attached hydrogen (secondary N) is 2. The number of hydrogen-bond acceptors (Lipinski definition) is 4. The molecule has 1 atom stereocenters. The third-order valence-corrected chi connectivity index (χ3v) is 3.06. The lowest BCUT2D eigenvalue weighted by molar-refractivity contribution is -0.140. The van der Waals surface area contributed by atoms with Crippen molar-refractivity contribution < 1.29 is 19.5 Å². The number of hydrogen-bond donors (Lipinski definition) is 4. The number of aliphatic carboxylic acids is 1.